The number of hydrogen-bond donors (Lipinski definition) is 1. The largest absolute Gasteiger partial charge is 0.457 e. The SMILES string of the molecule is CCN(CCO)c1ccc(/C=C/C2=CC(=C(C#N)C#N)c3ccccc3O2)cc1. The summed E-state index contributed by atoms with van der Waals surface area (Å²) in [4.78, 5) is 2.10. The summed E-state index contributed by atoms with van der Waals surface area (Å²) in [6.07, 6.45) is 5.46. The van der Waals surface area contributed by atoms with Gasteiger partial charge in [-0.15, -0.1) is 0 Å². The molecule has 0 radical (unpaired) electrons. The number of nitriles is 2. The molecule has 1 aliphatic heterocycles. The fourth-order valence-corrected chi connectivity index (χ4v) is 3.15. The van der Waals surface area contributed by atoms with E-state index in [1.54, 1.807) is 6.08 Å². The molecule has 2 aromatic carbocycles. The second kappa shape index (κ2) is 9.41. The summed E-state index contributed by atoms with van der Waals surface area (Å²) in [5, 5.41) is 27.7. The van der Waals surface area contributed by atoms with E-state index in [0.29, 0.717) is 23.6 Å². The van der Waals surface area contributed by atoms with Crippen molar-refractivity contribution in [1.82, 2.24) is 0 Å². The number of allylic oxidation sites excluding steroid dienone is 4. The standard InChI is InChI=1S/C24H21N3O2/c1-2-27(13-14-28)20-10-7-18(8-11-20)9-12-21-15-23(19(16-25)17-26)22-5-3-4-6-24(22)29-21/h3-12,15,28H,2,13-14H2,1H3/b12-9+. The Morgan fingerprint density at radius 2 is 1.79 bits per heavy atom. The summed E-state index contributed by atoms with van der Waals surface area (Å²) in [6, 6.07) is 19.3. The minimum Gasteiger partial charge on any atom is -0.457 e. The molecule has 0 aliphatic carbocycles. The number of nitrogens with zero attached hydrogens (tertiary/aromatic N) is 3. The van der Waals surface area contributed by atoms with Gasteiger partial charge in [-0.05, 0) is 42.8 Å². The van der Waals surface area contributed by atoms with Gasteiger partial charge < -0.3 is 14.7 Å². The minimum absolute atomic E-state index is 0.0551. The first-order valence-corrected chi connectivity index (χ1v) is 9.37. The highest BCUT2D eigenvalue weighted by Gasteiger charge is 2.18. The number of hydrogen-bond acceptors (Lipinski definition) is 5. The van der Waals surface area contributed by atoms with Crippen LogP contribution in [0.15, 0.2) is 72.0 Å². The van der Waals surface area contributed by atoms with Crippen LogP contribution in [0.5, 0.6) is 5.75 Å². The van der Waals surface area contributed by atoms with E-state index in [2.05, 4.69) is 11.8 Å². The first-order chi connectivity index (χ1) is 14.2. The summed E-state index contributed by atoms with van der Waals surface area (Å²) >= 11 is 0. The lowest BCUT2D eigenvalue weighted by atomic mass is 9.97. The van der Waals surface area contributed by atoms with E-state index < -0.39 is 0 Å². The topological polar surface area (TPSA) is 80.3 Å². The summed E-state index contributed by atoms with van der Waals surface area (Å²) < 4.78 is 5.92. The van der Waals surface area contributed by atoms with Crippen molar-refractivity contribution in [3.8, 4) is 17.9 Å². The molecule has 0 aromatic heterocycles. The quantitative estimate of drug-likeness (QED) is 0.753. The van der Waals surface area contributed by atoms with Crippen LogP contribution in [0.3, 0.4) is 0 Å². The van der Waals surface area contributed by atoms with Gasteiger partial charge in [0.25, 0.3) is 0 Å². The van der Waals surface area contributed by atoms with Gasteiger partial charge in [-0.25, -0.2) is 0 Å². The molecule has 0 unspecified atom stereocenters. The number of ether oxygens (including phenoxy) is 1. The van der Waals surface area contributed by atoms with Gasteiger partial charge in [0, 0.05) is 29.9 Å². The average Bonchev–Trinajstić information content (AvgIpc) is 2.77. The van der Waals surface area contributed by atoms with Crippen LogP contribution < -0.4 is 9.64 Å². The molecule has 1 N–H and O–H groups in total. The highest BCUT2D eigenvalue weighted by Crippen LogP contribution is 2.35. The predicted octanol–water partition coefficient (Wildman–Crippen LogP) is 4.30. The van der Waals surface area contributed by atoms with Crippen molar-refractivity contribution < 1.29 is 9.84 Å². The van der Waals surface area contributed by atoms with Crippen molar-refractivity contribution in [2.45, 2.75) is 6.92 Å². The average molecular weight is 383 g/mol. The third-order valence-corrected chi connectivity index (χ3v) is 4.63. The van der Waals surface area contributed by atoms with Crippen molar-refractivity contribution >= 4 is 17.3 Å². The molecule has 0 atom stereocenters. The lowest BCUT2D eigenvalue weighted by molar-refractivity contribution is 0.302. The zero-order valence-electron chi connectivity index (χ0n) is 16.2. The third-order valence-electron chi connectivity index (χ3n) is 4.63. The molecule has 2 aromatic rings. The molecule has 3 rings (SSSR count). The van der Waals surface area contributed by atoms with Crippen LogP contribution in [0.25, 0.3) is 11.6 Å². The maximum absolute atomic E-state index is 9.29. The number of aliphatic hydroxyl groups excluding tert-OH is 1. The molecule has 5 nitrogen and oxygen atoms in total. The fraction of sp³-hybridized carbons (Fsp3) is 0.167. The van der Waals surface area contributed by atoms with Crippen LogP contribution in [0.4, 0.5) is 5.69 Å². The van der Waals surface area contributed by atoms with E-state index >= 15 is 0 Å². The lowest BCUT2D eigenvalue weighted by Crippen LogP contribution is -2.25. The Labute approximate surface area is 170 Å². The third kappa shape index (κ3) is 4.55. The molecular weight excluding hydrogens is 362 g/mol. The fourth-order valence-electron chi connectivity index (χ4n) is 3.15. The van der Waals surface area contributed by atoms with Gasteiger partial charge >= 0.3 is 0 Å². The number of fused-ring (bicyclic) bond motifs is 1. The Kier molecular flexibility index (Phi) is 6.47. The number of aliphatic hydroxyl groups is 1. The van der Waals surface area contributed by atoms with Crippen LogP contribution in [-0.4, -0.2) is 24.8 Å². The summed E-state index contributed by atoms with van der Waals surface area (Å²) in [6.45, 7) is 3.59. The maximum atomic E-state index is 9.29. The van der Waals surface area contributed by atoms with Gasteiger partial charge in [-0.1, -0.05) is 36.4 Å². The molecule has 144 valence electrons. The van der Waals surface area contributed by atoms with Gasteiger partial charge in [0.05, 0.1) is 6.61 Å². The molecule has 0 bridgehead atoms. The van der Waals surface area contributed by atoms with E-state index in [0.717, 1.165) is 23.4 Å². The maximum Gasteiger partial charge on any atom is 0.137 e. The Balaban J connectivity index is 1.87. The second-order valence-corrected chi connectivity index (χ2v) is 6.39. The van der Waals surface area contributed by atoms with Crippen molar-refractivity contribution in [3.63, 3.8) is 0 Å². The first kappa shape index (κ1) is 19.9. The molecule has 29 heavy (non-hydrogen) atoms. The molecule has 0 amide bonds. The summed E-state index contributed by atoms with van der Waals surface area (Å²) in [5.41, 5.74) is 3.40. The van der Waals surface area contributed by atoms with Crippen molar-refractivity contribution in [2.75, 3.05) is 24.6 Å². The highest BCUT2D eigenvalue weighted by atomic mass is 16.5. The van der Waals surface area contributed by atoms with E-state index in [1.807, 2.05) is 72.8 Å². The van der Waals surface area contributed by atoms with E-state index in [-0.39, 0.29) is 12.2 Å². The Bertz CT molecular complexity index is 1030. The number of para-hydroxylation sites is 1. The molecule has 5 heteroatoms. The zero-order chi connectivity index (χ0) is 20.6. The lowest BCUT2D eigenvalue weighted by Gasteiger charge is -2.22. The normalized spacial score (nSPS) is 12.4. The molecule has 1 aliphatic rings. The van der Waals surface area contributed by atoms with E-state index in [1.165, 1.54) is 0 Å². The van der Waals surface area contributed by atoms with Crippen LogP contribution in [0.1, 0.15) is 18.1 Å². The van der Waals surface area contributed by atoms with Crippen molar-refractivity contribution in [1.29, 1.82) is 10.5 Å². The van der Waals surface area contributed by atoms with Crippen LogP contribution in [0, 0.1) is 22.7 Å². The van der Waals surface area contributed by atoms with Crippen LogP contribution in [0.2, 0.25) is 0 Å². The van der Waals surface area contributed by atoms with Crippen LogP contribution >= 0.6 is 0 Å². The van der Waals surface area contributed by atoms with Crippen molar-refractivity contribution in [2.24, 2.45) is 0 Å². The van der Waals surface area contributed by atoms with Crippen molar-refractivity contribution in [3.05, 3.63) is 83.1 Å². The molecular formula is C24H21N3O2. The van der Waals surface area contributed by atoms with E-state index in [9.17, 15) is 10.5 Å². The van der Waals surface area contributed by atoms with Gasteiger partial charge in [0.15, 0.2) is 0 Å². The summed E-state index contributed by atoms with van der Waals surface area (Å²) in [7, 11) is 0. The number of likely N-dealkylation sites (N-methyl/N-ethyl adjacent to an activating group) is 1. The molecule has 1 heterocycles. The monoisotopic (exact) mass is 383 g/mol. The number of benzene rings is 2. The second-order valence-electron chi connectivity index (χ2n) is 6.39. The minimum atomic E-state index is 0.0551. The smallest absolute Gasteiger partial charge is 0.137 e. The molecule has 0 saturated carbocycles. The zero-order valence-corrected chi connectivity index (χ0v) is 16.2. The predicted molar refractivity (Wildman–Crippen MR) is 114 cm³/mol. The van der Waals surface area contributed by atoms with E-state index in [4.69, 9.17) is 9.84 Å². The van der Waals surface area contributed by atoms with Gasteiger partial charge in [0.2, 0.25) is 0 Å². The van der Waals surface area contributed by atoms with Gasteiger partial charge in [-0.2, -0.15) is 10.5 Å². The molecule has 0 spiro atoms. The van der Waals surface area contributed by atoms with Gasteiger partial charge in [0.1, 0.15) is 29.2 Å². The van der Waals surface area contributed by atoms with Crippen LogP contribution in [-0.2, 0) is 0 Å². The first-order valence-electron chi connectivity index (χ1n) is 9.37. The Morgan fingerprint density at radius 1 is 1.07 bits per heavy atom. The Morgan fingerprint density at radius 3 is 2.45 bits per heavy atom. The van der Waals surface area contributed by atoms with Gasteiger partial charge in [-0.3, -0.25) is 0 Å². The Hall–Kier alpha value is -3.80. The number of rotatable bonds is 6. The highest BCUT2D eigenvalue weighted by molar-refractivity contribution is 5.87. The number of anilines is 1. The summed E-state index contributed by atoms with van der Waals surface area (Å²) in [5.74, 6) is 1.17. The molecule has 0 fully saturated rings. The molecule has 0 saturated heterocycles.